The lowest BCUT2D eigenvalue weighted by atomic mass is 10.0. The summed E-state index contributed by atoms with van der Waals surface area (Å²) in [6.07, 6.45) is -1.09. The molecule has 0 bridgehead atoms. The van der Waals surface area contributed by atoms with E-state index in [0.29, 0.717) is 5.02 Å². The van der Waals surface area contributed by atoms with Crippen LogP contribution in [0.1, 0.15) is 30.0 Å². The van der Waals surface area contributed by atoms with Gasteiger partial charge in [0.15, 0.2) is 17.7 Å². The molecule has 108 valence electrons. The van der Waals surface area contributed by atoms with Crippen molar-refractivity contribution in [3.05, 3.63) is 40.7 Å². The smallest absolute Gasteiger partial charge is 0.362 e. The van der Waals surface area contributed by atoms with Gasteiger partial charge in [-0.05, 0) is 11.6 Å². The lowest BCUT2D eigenvalue weighted by Gasteiger charge is -2.13. The van der Waals surface area contributed by atoms with Crippen molar-refractivity contribution in [2.75, 3.05) is 5.75 Å². The number of alkyl halides is 1. The third-order valence-electron chi connectivity index (χ3n) is 3.31. The van der Waals surface area contributed by atoms with Crippen LogP contribution in [0.4, 0.5) is 4.39 Å². The molecule has 5 nitrogen and oxygen atoms in total. The third kappa shape index (κ3) is 2.50. The highest BCUT2D eigenvalue weighted by Gasteiger charge is 2.38. The van der Waals surface area contributed by atoms with Crippen molar-refractivity contribution in [3.8, 4) is 6.07 Å². The Morgan fingerprint density at radius 2 is 2.29 bits per heavy atom. The Kier molecular flexibility index (Phi) is 3.85. The summed E-state index contributed by atoms with van der Waals surface area (Å²) in [7, 11) is 0. The van der Waals surface area contributed by atoms with Gasteiger partial charge in [-0.3, -0.25) is 0 Å². The maximum atomic E-state index is 14.1. The van der Waals surface area contributed by atoms with Gasteiger partial charge in [-0.1, -0.05) is 29.8 Å². The van der Waals surface area contributed by atoms with E-state index in [2.05, 4.69) is 10.1 Å². The van der Waals surface area contributed by atoms with Crippen LogP contribution in [0.2, 0.25) is 5.02 Å². The molecule has 0 saturated carbocycles. The van der Waals surface area contributed by atoms with Gasteiger partial charge >= 0.3 is 5.16 Å². The molecule has 0 fully saturated rings. The predicted molar refractivity (Wildman–Crippen MR) is 75.0 cm³/mol. The quantitative estimate of drug-likeness (QED) is 0.813. The largest absolute Gasteiger partial charge is 0.608 e. The van der Waals surface area contributed by atoms with Gasteiger partial charge in [-0.2, -0.15) is 10.2 Å². The van der Waals surface area contributed by atoms with Crippen LogP contribution in [-0.2, 0) is 11.2 Å². The van der Waals surface area contributed by atoms with Crippen molar-refractivity contribution in [2.24, 2.45) is 0 Å². The molecule has 3 rings (SSSR count). The highest BCUT2D eigenvalue weighted by molar-refractivity contribution is 7.91. The van der Waals surface area contributed by atoms with Crippen molar-refractivity contribution in [3.63, 3.8) is 0 Å². The Balaban J connectivity index is 2.00. The first-order valence-electron chi connectivity index (χ1n) is 6.22. The van der Waals surface area contributed by atoms with Gasteiger partial charge < -0.3 is 4.55 Å². The van der Waals surface area contributed by atoms with Crippen LogP contribution < -0.4 is 0 Å². The molecule has 1 aromatic heterocycles. The van der Waals surface area contributed by atoms with Gasteiger partial charge in [0.1, 0.15) is 6.07 Å². The topological polar surface area (TPSA) is 77.6 Å². The fraction of sp³-hybridized carbons (Fsp3) is 0.308. The Labute approximate surface area is 128 Å². The molecule has 0 spiro atoms. The summed E-state index contributed by atoms with van der Waals surface area (Å²) in [4.78, 5) is 3.98. The van der Waals surface area contributed by atoms with E-state index in [1.54, 1.807) is 18.2 Å². The maximum absolute atomic E-state index is 14.1. The molecule has 2 aromatic rings. The molecule has 0 amide bonds. The number of benzene rings is 1. The summed E-state index contributed by atoms with van der Waals surface area (Å²) in [5.74, 6) is -0.0711. The van der Waals surface area contributed by atoms with Gasteiger partial charge in [0.25, 0.3) is 0 Å². The number of rotatable bonds is 3. The normalized spacial score (nSPS) is 21.8. The van der Waals surface area contributed by atoms with Crippen LogP contribution >= 0.6 is 11.6 Å². The first kappa shape index (κ1) is 14.3. The number of nitriles is 1. The molecule has 3 atom stereocenters. The Bertz CT molecular complexity index is 716. The summed E-state index contributed by atoms with van der Waals surface area (Å²) in [6, 6.07) is 8.57. The van der Waals surface area contributed by atoms with Crippen molar-refractivity contribution >= 4 is 22.8 Å². The highest BCUT2D eigenvalue weighted by Crippen LogP contribution is 2.41. The van der Waals surface area contributed by atoms with Crippen LogP contribution in [0, 0.1) is 11.3 Å². The second-order valence-corrected chi connectivity index (χ2v) is 6.34. The monoisotopic (exact) mass is 324 g/mol. The van der Waals surface area contributed by atoms with E-state index in [4.69, 9.17) is 16.9 Å². The number of hydrogen-bond donors (Lipinski definition) is 0. The number of fused-ring (bicyclic) bond motifs is 1. The number of hydrogen-bond acceptors (Lipinski definition) is 4. The summed E-state index contributed by atoms with van der Waals surface area (Å²) >= 11 is 4.51. The zero-order valence-electron chi connectivity index (χ0n) is 10.7. The summed E-state index contributed by atoms with van der Waals surface area (Å²) < 4.78 is 27.3. The van der Waals surface area contributed by atoms with E-state index < -0.39 is 17.3 Å². The van der Waals surface area contributed by atoms with E-state index in [1.807, 2.05) is 12.1 Å². The van der Waals surface area contributed by atoms with Crippen LogP contribution in [0.3, 0.4) is 0 Å². The fourth-order valence-electron chi connectivity index (χ4n) is 2.38. The first-order chi connectivity index (χ1) is 10.1. The van der Waals surface area contributed by atoms with Gasteiger partial charge in [-0.15, -0.1) is 5.10 Å². The second kappa shape index (κ2) is 5.64. The molecular weight excluding hydrogens is 315 g/mol. The average Bonchev–Trinajstić information content (AvgIpc) is 3.01. The van der Waals surface area contributed by atoms with Crippen LogP contribution in [0.5, 0.6) is 0 Å². The number of halogens is 2. The van der Waals surface area contributed by atoms with Crippen molar-refractivity contribution in [2.45, 2.75) is 23.8 Å². The molecule has 0 N–H and O–H groups in total. The molecule has 2 heterocycles. The number of aromatic nitrogens is 3. The minimum absolute atomic E-state index is 0.00838. The lowest BCUT2D eigenvalue weighted by Crippen LogP contribution is -2.11. The molecule has 0 aliphatic carbocycles. The van der Waals surface area contributed by atoms with Crippen LogP contribution in [0.15, 0.2) is 29.4 Å². The third-order valence-corrected chi connectivity index (χ3v) is 4.62. The molecule has 1 aliphatic heterocycles. The first-order valence-corrected chi connectivity index (χ1v) is 7.91. The zero-order valence-corrected chi connectivity index (χ0v) is 12.3. The number of nitrogens with zero attached hydrogens (tertiary/aromatic N) is 4. The van der Waals surface area contributed by atoms with Crippen LogP contribution in [-0.4, -0.2) is 25.1 Å². The average molecular weight is 325 g/mol. The molecular formula is C13H10ClFN4OS. The minimum atomic E-state index is -1.64. The molecule has 0 radical (unpaired) electrons. The van der Waals surface area contributed by atoms with E-state index in [-0.39, 0.29) is 29.2 Å². The Morgan fingerprint density at radius 3 is 3.00 bits per heavy atom. The van der Waals surface area contributed by atoms with E-state index >= 15 is 0 Å². The van der Waals surface area contributed by atoms with Crippen molar-refractivity contribution in [1.29, 1.82) is 5.26 Å². The van der Waals surface area contributed by atoms with Crippen molar-refractivity contribution in [1.82, 2.24) is 14.8 Å². The maximum Gasteiger partial charge on any atom is 0.362 e. The Hall–Kier alpha value is -1.62. The SMILES string of the molecule is N#CC[S@@+]([O-])c1nc2n(n1)C(c1ccccc1Cl)CC2F. The molecule has 1 aliphatic rings. The summed E-state index contributed by atoms with van der Waals surface area (Å²) in [5, 5.41) is 13.2. The standard InChI is InChI=1S/C13H10ClFN4OS/c14-9-4-2-1-3-8(9)11-7-10(15)12-17-13(18-19(11)12)21(20)6-5-16/h1-4,10-11H,6-7H2/t10?,11?,21-/m1/s1. The summed E-state index contributed by atoms with van der Waals surface area (Å²) in [5.41, 5.74) is 0.753. The fourth-order valence-corrected chi connectivity index (χ4v) is 3.27. The second-order valence-electron chi connectivity index (χ2n) is 4.59. The lowest BCUT2D eigenvalue weighted by molar-refractivity contribution is 0.326. The Morgan fingerprint density at radius 1 is 1.52 bits per heavy atom. The summed E-state index contributed by atoms with van der Waals surface area (Å²) in [6.45, 7) is 0. The van der Waals surface area contributed by atoms with E-state index in [0.717, 1.165) is 5.56 Å². The van der Waals surface area contributed by atoms with Crippen molar-refractivity contribution < 1.29 is 8.94 Å². The molecule has 21 heavy (non-hydrogen) atoms. The molecule has 0 saturated heterocycles. The molecule has 8 heteroatoms. The zero-order chi connectivity index (χ0) is 15.0. The molecule has 1 aromatic carbocycles. The van der Waals surface area contributed by atoms with E-state index in [1.165, 1.54) is 4.68 Å². The minimum Gasteiger partial charge on any atom is -0.608 e. The molecule has 2 unspecified atom stereocenters. The highest BCUT2D eigenvalue weighted by atomic mass is 35.5. The van der Waals surface area contributed by atoms with Gasteiger partial charge in [0.2, 0.25) is 0 Å². The van der Waals surface area contributed by atoms with Gasteiger partial charge in [-0.25, -0.2) is 9.07 Å². The van der Waals surface area contributed by atoms with Crippen LogP contribution in [0.25, 0.3) is 0 Å². The van der Waals surface area contributed by atoms with E-state index in [9.17, 15) is 8.94 Å². The van der Waals surface area contributed by atoms with Gasteiger partial charge in [0, 0.05) is 22.6 Å². The van der Waals surface area contributed by atoms with Gasteiger partial charge in [0.05, 0.1) is 6.04 Å². The predicted octanol–water partition coefficient (Wildman–Crippen LogP) is 2.57.